The van der Waals surface area contributed by atoms with Crippen molar-refractivity contribution in [3.63, 3.8) is 0 Å². The topological polar surface area (TPSA) is 18.5 Å². The Morgan fingerprint density at radius 1 is 1.25 bits per heavy atom. The highest BCUT2D eigenvalue weighted by Gasteiger charge is 2.14. The lowest BCUT2D eigenvalue weighted by molar-refractivity contribution is 0.123. The van der Waals surface area contributed by atoms with E-state index in [1.165, 1.54) is 0 Å². The van der Waals surface area contributed by atoms with Crippen molar-refractivity contribution < 1.29 is 9.47 Å². The number of hydrogen-bond donors (Lipinski definition) is 0. The molecule has 2 nitrogen and oxygen atoms in total. The minimum Gasteiger partial charge on any atom is -0.490 e. The van der Waals surface area contributed by atoms with Crippen LogP contribution in [0, 0.1) is 0 Å². The lowest BCUT2D eigenvalue weighted by Crippen LogP contribution is -2.15. The molecule has 1 atom stereocenters. The van der Waals surface area contributed by atoms with Crippen LogP contribution in [0.25, 0.3) is 0 Å². The van der Waals surface area contributed by atoms with Gasteiger partial charge in [0.15, 0.2) is 6.10 Å². The molecule has 0 amide bonds. The lowest BCUT2D eigenvalue weighted by Gasteiger charge is -2.19. The van der Waals surface area contributed by atoms with E-state index < -0.39 is 0 Å². The van der Waals surface area contributed by atoms with E-state index in [0.717, 1.165) is 5.76 Å². The molecule has 0 aromatic carbocycles. The van der Waals surface area contributed by atoms with Crippen LogP contribution in [0.15, 0.2) is 48.5 Å². The summed E-state index contributed by atoms with van der Waals surface area (Å²) in [6.07, 6.45) is 13.3. The fourth-order valence-corrected chi connectivity index (χ4v) is 1.14. The van der Waals surface area contributed by atoms with Crippen LogP contribution in [0.5, 0.6) is 0 Å². The van der Waals surface area contributed by atoms with Crippen molar-refractivity contribution >= 4 is 0 Å². The van der Waals surface area contributed by atoms with Gasteiger partial charge in [0.1, 0.15) is 12.4 Å². The van der Waals surface area contributed by atoms with Crippen molar-refractivity contribution in [3.8, 4) is 0 Å². The van der Waals surface area contributed by atoms with E-state index in [0.29, 0.717) is 6.61 Å². The van der Waals surface area contributed by atoms with Crippen LogP contribution >= 0.6 is 0 Å². The molecule has 0 bridgehead atoms. The summed E-state index contributed by atoms with van der Waals surface area (Å²) < 4.78 is 10.7. The Labute approximate surface area is 71.5 Å². The van der Waals surface area contributed by atoms with Gasteiger partial charge in [-0.25, -0.2) is 0 Å². The average Bonchev–Trinajstić information content (AvgIpc) is 2.21. The summed E-state index contributed by atoms with van der Waals surface area (Å²) in [5, 5.41) is 0. The van der Waals surface area contributed by atoms with E-state index in [4.69, 9.17) is 9.47 Å². The van der Waals surface area contributed by atoms with Gasteiger partial charge < -0.3 is 9.47 Å². The van der Waals surface area contributed by atoms with Gasteiger partial charge in [0, 0.05) is 0 Å². The number of hydrogen-bond acceptors (Lipinski definition) is 2. The van der Waals surface area contributed by atoms with E-state index in [-0.39, 0.29) is 6.10 Å². The molecule has 0 aliphatic carbocycles. The van der Waals surface area contributed by atoms with Gasteiger partial charge in [-0.3, -0.25) is 0 Å². The molecule has 2 heterocycles. The molecule has 2 aliphatic heterocycles. The molecule has 0 aromatic heterocycles. The standard InChI is InChI=1S/C10H10O2/c1-3-7-11-9(5-1)10-6-2-4-8-12-10/h1-7,9H,8H2. The second-order valence-electron chi connectivity index (χ2n) is 2.58. The number of rotatable bonds is 1. The van der Waals surface area contributed by atoms with E-state index >= 15 is 0 Å². The second kappa shape index (κ2) is 3.30. The predicted octanol–water partition coefficient (Wildman–Crippen LogP) is 1.93. The molecule has 0 spiro atoms. The summed E-state index contributed by atoms with van der Waals surface area (Å²) in [7, 11) is 0. The van der Waals surface area contributed by atoms with E-state index in [2.05, 4.69) is 0 Å². The molecule has 2 aliphatic rings. The highest BCUT2D eigenvalue weighted by molar-refractivity contribution is 5.22. The fraction of sp³-hybridized carbons (Fsp3) is 0.200. The van der Waals surface area contributed by atoms with Crippen LogP contribution in [-0.4, -0.2) is 12.7 Å². The molecule has 0 fully saturated rings. The molecule has 2 rings (SSSR count). The lowest BCUT2D eigenvalue weighted by atomic mass is 10.2. The zero-order valence-electron chi connectivity index (χ0n) is 6.64. The highest BCUT2D eigenvalue weighted by atomic mass is 16.5. The molecule has 0 N–H and O–H groups in total. The summed E-state index contributed by atoms with van der Waals surface area (Å²) in [6, 6.07) is 0. The van der Waals surface area contributed by atoms with Crippen LogP contribution < -0.4 is 0 Å². The van der Waals surface area contributed by atoms with E-state index in [1.54, 1.807) is 6.26 Å². The van der Waals surface area contributed by atoms with Gasteiger partial charge in [-0.2, -0.15) is 0 Å². The maximum absolute atomic E-state index is 5.38. The zero-order valence-corrected chi connectivity index (χ0v) is 6.64. The summed E-state index contributed by atoms with van der Waals surface area (Å²) in [4.78, 5) is 0. The molecule has 0 radical (unpaired) electrons. The first-order valence-corrected chi connectivity index (χ1v) is 3.95. The van der Waals surface area contributed by atoms with Gasteiger partial charge >= 0.3 is 0 Å². The van der Waals surface area contributed by atoms with E-state index in [1.807, 2.05) is 36.5 Å². The van der Waals surface area contributed by atoms with Crippen molar-refractivity contribution in [2.24, 2.45) is 0 Å². The molecule has 0 saturated carbocycles. The van der Waals surface area contributed by atoms with Gasteiger partial charge in [0.2, 0.25) is 0 Å². The fourth-order valence-electron chi connectivity index (χ4n) is 1.14. The zero-order chi connectivity index (χ0) is 8.23. The first-order chi connectivity index (χ1) is 5.97. The third-order valence-electron chi connectivity index (χ3n) is 1.72. The molecule has 1 unspecified atom stereocenters. The minimum absolute atomic E-state index is 0.0417. The van der Waals surface area contributed by atoms with Crippen LogP contribution in [0.4, 0.5) is 0 Å². The molecule has 12 heavy (non-hydrogen) atoms. The average molecular weight is 162 g/mol. The van der Waals surface area contributed by atoms with Crippen LogP contribution in [0.1, 0.15) is 0 Å². The Hall–Kier alpha value is -1.44. The molecular formula is C10H10O2. The Morgan fingerprint density at radius 3 is 2.92 bits per heavy atom. The van der Waals surface area contributed by atoms with Crippen LogP contribution in [-0.2, 0) is 9.47 Å². The van der Waals surface area contributed by atoms with Gasteiger partial charge in [-0.05, 0) is 24.3 Å². The Kier molecular flexibility index (Phi) is 1.99. The summed E-state index contributed by atoms with van der Waals surface area (Å²) in [5.41, 5.74) is 0. The Bertz CT molecular complexity index is 272. The maximum atomic E-state index is 5.38. The molecule has 0 saturated heterocycles. The molecule has 62 valence electrons. The van der Waals surface area contributed by atoms with Gasteiger partial charge in [-0.1, -0.05) is 12.2 Å². The Balaban J connectivity index is 2.09. The SMILES string of the molecule is C1=CCOC(C2C=CC=CO2)=C1. The molecular weight excluding hydrogens is 152 g/mol. The number of ether oxygens (including phenoxy) is 2. The van der Waals surface area contributed by atoms with Crippen LogP contribution in [0.2, 0.25) is 0 Å². The third-order valence-corrected chi connectivity index (χ3v) is 1.72. The molecule has 0 aromatic rings. The van der Waals surface area contributed by atoms with Crippen molar-refractivity contribution in [3.05, 3.63) is 48.5 Å². The van der Waals surface area contributed by atoms with Crippen molar-refractivity contribution in [2.75, 3.05) is 6.61 Å². The quantitative estimate of drug-likeness (QED) is 0.586. The summed E-state index contributed by atoms with van der Waals surface area (Å²) in [5.74, 6) is 0.873. The smallest absolute Gasteiger partial charge is 0.173 e. The normalized spacial score (nSPS) is 26.0. The summed E-state index contributed by atoms with van der Waals surface area (Å²) >= 11 is 0. The van der Waals surface area contributed by atoms with Crippen molar-refractivity contribution in [2.45, 2.75) is 6.10 Å². The summed E-state index contributed by atoms with van der Waals surface area (Å²) in [6.45, 7) is 0.642. The molecule has 2 heteroatoms. The predicted molar refractivity (Wildman–Crippen MR) is 46.3 cm³/mol. The van der Waals surface area contributed by atoms with E-state index in [9.17, 15) is 0 Å². The monoisotopic (exact) mass is 162 g/mol. The van der Waals surface area contributed by atoms with Gasteiger partial charge in [0.25, 0.3) is 0 Å². The van der Waals surface area contributed by atoms with Gasteiger partial charge in [0.05, 0.1) is 6.26 Å². The minimum atomic E-state index is -0.0417. The largest absolute Gasteiger partial charge is 0.490 e. The second-order valence-corrected chi connectivity index (χ2v) is 2.58. The van der Waals surface area contributed by atoms with Crippen LogP contribution in [0.3, 0.4) is 0 Å². The number of allylic oxidation sites excluding steroid dienone is 4. The van der Waals surface area contributed by atoms with Crippen molar-refractivity contribution in [1.29, 1.82) is 0 Å². The maximum Gasteiger partial charge on any atom is 0.173 e. The highest BCUT2D eigenvalue weighted by Crippen LogP contribution is 2.16. The first-order valence-electron chi connectivity index (χ1n) is 3.95. The third kappa shape index (κ3) is 1.42. The van der Waals surface area contributed by atoms with Crippen molar-refractivity contribution in [1.82, 2.24) is 0 Å². The first kappa shape index (κ1) is 7.22. The Morgan fingerprint density at radius 2 is 2.25 bits per heavy atom. The van der Waals surface area contributed by atoms with Gasteiger partial charge in [-0.15, -0.1) is 0 Å².